The van der Waals surface area contributed by atoms with Gasteiger partial charge in [-0.05, 0) is 30.0 Å². The third-order valence-electron chi connectivity index (χ3n) is 7.57. The van der Waals surface area contributed by atoms with Crippen molar-refractivity contribution in [3.05, 3.63) is 108 Å². The summed E-state index contributed by atoms with van der Waals surface area (Å²) >= 11 is 0. The molecule has 3 nitrogen and oxygen atoms in total. The zero-order chi connectivity index (χ0) is 27.2. The Balaban J connectivity index is 0.000000617. The number of nitrogens with zero attached hydrogens (tertiary/aromatic N) is 1. The van der Waals surface area contributed by atoms with Crippen LogP contribution in [0.1, 0.15) is 36.5 Å². The highest BCUT2D eigenvalue weighted by atomic mass is 19.5. The van der Waals surface area contributed by atoms with Gasteiger partial charge >= 0.3 is 13.2 Å². The summed E-state index contributed by atoms with van der Waals surface area (Å²) in [5, 5.41) is 0. The van der Waals surface area contributed by atoms with Gasteiger partial charge in [0, 0.05) is 17.8 Å². The van der Waals surface area contributed by atoms with Crippen molar-refractivity contribution in [3.63, 3.8) is 0 Å². The van der Waals surface area contributed by atoms with E-state index in [2.05, 4.69) is 89.5 Å². The predicted octanol–water partition coefficient (Wildman–Crippen LogP) is 6.57. The zero-order valence-corrected chi connectivity index (χ0v) is 21.4. The molecule has 2 atom stereocenters. The second kappa shape index (κ2) is 12.0. The van der Waals surface area contributed by atoms with Crippen LogP contribution in [0.3, 0.4) is 0 Å². The normalized spacial score (nSPS) is 21.7. The minimum absolute atomic E-state index is 0.0189. The van der Waals surface area contributed by atoms with E-state index in [0.29, 0.717) is 18.8 Å². The molecule has 5 rings (SSSR count). The Bertz CT molecular complexity index is 1190. The van der Waals surface area contributed by atoms with Crippen LogP contribution in [-0.4, -0.2) is 43.2 Å². The van der Waals surface area contributed by atoms with Crippen LogP contribution in [0.25, 0.3) is 0 Å². The fourth-order valence-electron chi connectivity index (χ4n) is 6.07. The maximum absolute atomic E-state index is 13.2. The lowest BCUT2D eigenvalue weighted by atomic mass is 9.56. The van der Waals surface area contributed by atoms with Crippen molar-refractivity contribution in [1.82, 2.24) is 0 Å². The van der Waals surface area contributed by atoms with Crippen molar-refractivity contribution < 1.29 is 31.4 Å². The van der Waals surface area contributed by atoms with Gasteiger partial charge < -0.3 is 22.0 Å². The molecule has 0 bridgehead atoms. The SMILES string of the molecule is CCOC(Cc1ccccc1)=[N+]1CC2C(=O)CCC(c3ccccc3)(c3ccccc3)C2C1.F[B-](F)(F)F. The summed E-state index contributed by atoms with van der Waals surface area (Å²) in [4.78, 5) is 13.2. The molecular weight excluding hydrogens is 493 g/mol. The number of carbonyl (C=O) groups excluding carboxylic acids is 1. The molecule has 2 fully saturated rings. The Morgan fingerprint density at radius 1 is 0.868 bits per heavy atom. The molecule has 1 aliphatic heterocycles. The van der Waals surface area contributed by atoms with E-state index in [9.17, 15) is 22.1 Å². The highest BCUT2D eigenvalue weighted by Crippen LogP contribution is 2.52. The van der Waals surface area contributed by atoms with Crippen LogP contribution in [0.2, 0.25) is 0 Å². The minimum Gasteiger partial charge on any atom is -0.448 e. The lowest BCUT2D eigenvalue weighted by Crippen LogP contribution is -2.47. The lowest BCUT2D eigenvalue weighted by molar-refractivity contribution is -0.521. The molecule has 3 aromatic rings. The third-order valence-corrected chi connectivity index (χ3v) is 7.57. The first-order valence-electron chi connectivity index (χ1n) is 13.0. The average Bonchev–Trinajstić information content (AvgIpc) is 3.37. The van der Waals surface area contributed by atoms with E-state index < -0.39 is 7.25 Å². The molecule has 2 unspecified atom stereocenters. The number of hydrogen-bond donors (Lipinski definition) is 0. The summed E-state index contributed by atoms with van der Waals surface area (Å²) in [6, 6.07) is 32.2. The number of hydrogen-bond acceptors (Lipinski definition) is 2. The van der Waals surface area contributed by atoms with Gasteiger partial charge in [-0.25, -0.2) is 4.58 Å². The molecule has 1 saturated heterocycles. The Kier molecular flexibility index (Phi) is 8.70. The van der Waals surface area contributed by atoms with Crippen LogP contribution >= 0.6 is 0 Å². The van der Waals surface area contributed by atoms with Gasteiger partial charge in [-0.2, -0.15) is 0 Å². The molecule has 0 aromatic heterocycles. The van der Waals surface area contributed by atoms with E-state index >= 15 is 0 Å². The largest absolute Gasteiger partial charge is 0.673 e. The molecule has 200 valence electrons. The number of halogens is 4. The number of benzene rings is 3. The maximum atomic E-state index is 13.2. The Hall–Kier alpha value is -3.42. The van der Waals surface area contributed by atoms with Crippen molar-refractivity contribution in [1.29, 1.82) is 0 Å². The van der Waals surface area contributed by atoms with Crippen LogP contribution in [-0.2, 0) is 21.4 Å². The second-order valence-corrected chi connectivity index (χ2v) is 9.77. The van der Waals surface area contributed by atoms with Gasteiger partial charge in [0.2, 0.25) is 0 Å². The molecule has 3 aromatic carbocycles. The van der Waals surface area contributed by atoms with Crippen LogP contribution in [0.15, 0.2) is 91.0 Å². The van der Waals surface area contributed by atoms with Crippen LogP contribution in [0, 0.1) is 11.8 Å². The standard InChI is InChI=1S/C30H32NO2.BF4/c1-2-33-29(20-23-12-6-3-7-13-23)31-21-26-27(22-31)30(19-18-28(26)32,24-14-8-4-9-15-24)25-16-10-5-11-17-25;2-1(3,4)5/h3-17,26-27H,2,18-22H2,1H3;/q+1;-1. The van der Waals surface area contributed by atoms with Crippen molar-refractivity contribution in [3.8, 4) is 0 Å². The van der Waals surface area contributed by atoms with Gasteiger partial charge in [-0.15, -0.1) is 0 Å². The lowest BCUT2D eigenvalue weighted by Gasteiger charge is -2.43. The van der Waals surface area contributed by atoms with Crippen molar-refractivity contribution in [2.24, 2.45) is 11.8 Å². The Morgan fingerprint density at radius 2 is 1.37 bits per heavy atom. The summed E-state index contributed by atoms with van der Waals surface area (Å²) in [6.45, 7) is 4.25. The molecule has 0 amide bonds. The van der Waals surface area contributed by atoms with Crippen LogP contribution in [0.4, 0.5) is 17.3 Å². The minimum atomic E-state index is -6.00. The third kappa shape index (κ3) is 6.34. The smallest absolute Gasteiger partial charge is 0.448 e. The monoisotopic (exact) mass is 525 g/mol. The van der Waals surface area contributed by atoms with E-state index in [4.69, 9.17) is 4.74 Å². The zero-order valence-electron chi connectivity index (χ0n) is 21.4. The molecule has 8 heteroatoms. The molecular formula is C30H32BF4NO2. The van der Waals surface area contributed by atoms with Crippen molar-refractivity contribution in [2.45, 2.75) is 31.6 Å². The van der Waals surface area contributed by atoms with Crippen LogP contribution in [0.5, 0.6) is 0 Å². The van der Waals surface area contributed by atoms with Gasteiger partial charge in [0.15, 0.2) is 13.1 Å². The fraction of sp³-hybridized carbons (Fsp3) is 0.333. The Labute approximate surface area is 221 Å². The molecule has 0 N–H and O–H groups in total. The van der Waals surface area contributed by atoms with Gasteiger partial charge in [-0.3, -0.25) is 4.79 Å². The Morgan fingerprint density at radius 3 is 1.87 bits per heavy atom. The number of Topliss-reactive ketones (excluding diaryl/α,β-unsaturated/α-hetero) is 1. The van der Waals surface area contributed by atoms with Gasteiger partial charge in [0.05, 0.1) is 18.9 Å². The highest BCUT2D eigenvalue weighted by Gasteiger charge is 2.57. The second-order valence-electron chi connectivity index (χ2n) is 9.77. The number of ketones is 1. The summed E-state index contributed by atoms with van der Waals surface area (Å²) in [6.07, 6.45) is 2.24. The molecule has 1 saturated carbocycles. The topological polar surface area (TPSA) is 29.3 Å². The quantitative estimate of drug-likeness (QED) is 0.163. The van der Waals surface area contributed by atoms with E-state index in [1.54, 1.807) is 0 Å². The van der Waals surface area contributed by atoms with E-state index in [0.717, 1.165) is 31.8 Å². The van der Waals surface area contributed by atoms with Gasteiger partial charge in [0.25, 0.3) is 0 Å². The fourth-order valence-corrected chi connectivity index (χ4v) is 6.07. The first kappa shape index (κ1) is 27.6. The molecule has 1 aliphatic carbocycles. The van der Waals surface area contributed by atoms with Crippen LogP contribution < -0.4 is 0 Å². The van der Waals surface area contributed by atoms with Gasteiger partial charge in [-0.1, -0.05) is 91.0 Å². The number of fused-ring (bicyclic) bond motifs is 1. The molecule has 0 radical (unpaired) electrons. The summed E-state index contributed by atoms with van der Waals surface area (Å²) in [5.74, 6) is 1.63. The first-order chi connectivity index (χ1) is 18.2. The molecule has 2 aliphatic rings. The summed E-state index contributed by atoms with van der Waals surface area (Å²) < 4.78 is 47.5. The highest BCUT2D eigenvalue weighted by molar-refractivity contribution is 6.50. The summed E-state index contributed by atoms with van der Waals surface area (Å²) in [5.41, 5.74) is 3.71. The molecule has 38 heavy (non-hydrogen) atoms. The molecule has 1 heterocycles. The molecule has 0 spiro atoms. The van der Waals surface area contributed by atoms with E-state index in [1.165, 1.54) is 16.7 Å². The van der Waals surface area contributed by atoms with Crippen molar-refractivity contribution >= 4 is 18.9 Å². The van der Waals surface area contributed by atoms with E-state index in [-0.39, 0.29) is 17.3 Å². The van der Waals surface area contributed by atoms with Gasteiger partial charge in [0.1, 0.15) is 5.78 Å². The van der Waals surface area contributed by atoms with E-state index in [1.807, 2.05) is 13.0 Å². The number of ether oxygens (including phenoxy) is 1. The number of carbonyl (C=O) groups is 1. The first-order valence-corrected chi connectivity index (χ1v) is 13.0. The number of rotatable bonds is 5. The predicted molar refractivity (Wildman–Crippen MR) is 142 cm³/mol. The maximum Gasteiger partial charge on any atom is 0.673 e. The summed E-state index contributed by atoms with van der Waals surface area (Å²) in [7, 11) is -6.00. The van der Waals surface area contributed by atoms with Crippen molar-refractivity contribution in [2.75, 3.05) is 19.7 Å². The average molecular weight is 525 g/mol.